The Balaban J connectivity index is 1.27. The number of nitrogens with one attached hydrogen (secondary N) is 1. The maximum atomic E-state index is 12.4. The lowest BCUT2D eigenvalue weighted by molar-refractivity contribution is -0.122. The smallest absolute Gasteiger partial charge is 0.254 e. The van der Waals surface area contributed by atoms with Gasteiger partial charge in [-0.2, -0.15) is 0 Å². The minimum absolute atomic E-state index is 0.0535. The van der Waals surface area contributed by atoms with Crippen LogP contribution in [0, 0.1) is 0 Å². The molecule has 4 rings (SSSR count). The summed E-state index contributed by atoms with van der Waals surface area (Å²) in [6, 6.07) is 7.72. The number of amides is 2. The summed E-state index contributed by atoms with van der Waals surface area (Å²) in [5, 5.41) is 3.18. The van der Waals surface area contributed by atoms with Crippen LogP contribution in [0.3, 0.4) is 0 Å². The highest BCUT2D eigenvalue weighted by atomic mass is 16.2. The Morgan fingerprint density at radius 2 is 1.81 bits per heavy atom. The molecule has 2 aliphatic heterocycles. The Morgan fingerprint density at radius 3 is 2.54 bits per heavy atom. The van der Waals surface area contributed by atoms with Gasteiger partial charge in [-0.3, -0.25) is 14.5 Å². The van der Waals surface area contributed by atoms with E-state index in [9.17, 15) is 9.59 Å². The summed E-state index contributed by atoms with van der Waals surface area (Å²) in [4.78, 5) is 29.2. The standard InChI is InChI=1S/C21H29N3O2/c25-19(9-14-23-15-17-7-1-2-8-18(17)20(23)26)22-16-21(10-3-4-11-21)24-12-5-6-13-24/h1-2,7-8H,3-6,9-16H2,(H,22,25). The summed E-state index contributed by atoms with van der Waals surface area (Å²) < 4.78 is 0. The summed E-state index contributed by atoms with van der Waals surface area (Å²) in [7, 11) is 0. The van der Waals surface area contributed by atoms with E-state index in [4.69, 9.17) is 0 Å². The van der Waals surface area contributed by atoms with Crippen LogP contribution >= 0.6 is 0 Å². The van der Waals surface area contributed by atoms with Gasteiger partial charge in [0.1, 0.15) is 0 Å². The van der Waals surface area contributed by atoms with Crippen molar-refractivity contribution >= 4 is 11.8 Å². The van der Waals surface area contributed by atoms with E-state index >= 15 is 0 Å². The minimum Gasteiger partial charge on any atom is -0.354 e. The Morgan fingerprint density at radius 1 is 1.08 bits per heavy atom. The molecule has 5 nitrogen and oxygen atoms in total. The lowest BCUT2D eigenvalue weighted by Crippen LogP contribution is -2.53. The van der Waals surface area contributed by atoms with Crippen molar-refractivity contribution < 1.29 is 9.59 Å². The molecule has 1 aromatic carbocycles. The van der Waals surface area contributed by atoms with Crippen molar-refractivity contribution in [3.63, 3.8) is 0 Å². The molecule has 1 saturated carbocycles. The summed E-state index contributed by atoms with van der Waals surface area (Å²) >= 11 is 0. The predicted molar refractivity (Wildman–Crippen MR) is 101 cm³/mol. The van der Waals surface area contributed by atoms with Gasteiger partial charge >= 0.3 is 0 Å². The first-order chi connectivity index (χ1) is 12.7. The molecule has 5 heteroatoms. The number of hydrogen-bond donors (Lipinski definition) is 1. The van der Waals surface area contributed by atoms with Gasteiger partial charge in [-0.1, -0.05) is 31.0 Å². The number of carbonyl (C=O) groups is 2. The third-order valence-electron chi connectivity index (χ3n) is 6.43. The Kier molecular flexibility index (Phi) is 4.98. The molecule has 2 amide bonds. The zero-order valence-electron chi connectivity index (χ0n) is 15.5. The van der Waals surface area contributed by atoms with Crippen molar-refractivity contribution in [3.05, 3.63) is 35.4 Å². The van der Waals surface area contributed by atoms with Gasteiger partial charge < -0.3 is 10.2 Å². The number of hydrogen-bond acceptors (Lipinski definition) is 3. The molecule has 0 spiro atoms. The van der Waals surface area contributed by atoms with Crippen molar-refractivity contribution in [1.82, 2.24) is 15.1 Å². The highest BCUT2D eigenvalue weighted by molar-refractivity contribution is 5.98. The van der Waals surface area contributed by atoms with Gasteiger partial charge in [0.2, 0.25) is 5.91 Å². The normalized spacial score (nSPS) is 22.0. The van der Waals surface area contributed by atoms with E-state index in [0.29, 0.717) is 19.5 Å². The largest absolute Gasteiger partial charge is 0.354 e. The van der Waals surface area contributed by atoms with E-state index in [2.05, 4.69) is 10.2 Å². The van der Waals surface area contributed by atoms with Crippen LogP contribution in [0.4, 0.5) is 0 Å². The number of rotatable bonds is 6. The molecule has 2 fully saturated rings. The van der Waals surface area contributed by atoms with Crippen LogP contribution < -0.4 is 5.32 Å². The summed E-state index contributed by atoms with van der Waals surface area (Å²) in [6.45, 7) is 4.24. The maximum absolute atomic E-state index is 12.4. The molecule has 0 aromatic heterocycles. The first kappa shape index (κ1) is 17.5. The first-order valence-corrected chi connectivity index (χ1v) is 10.1. The number of fused-ring (bicyclic) bond motifs is 1. The molecule has 140 valence electrons. The monoisotopic (exact) mass is 355 g/mol. The van der Waals surface area contributed by atoms with Gasteiger partial charge in [0.25, 0.3) is 5.91 Å². The Hall–Kier alpha value is -1.88. The van der Waals surface area contributed by atoms with E-state index in [1.165, 1.54) is 51.6 Å². The summed E-state index contributed by atoms with van der Waals surface area (Å²) in [5.41, 5.74) is 2.04. The number of nitrogens with zero attached hydrogens (tertiary/aromatic N) is 2. The van der Waals surface area contributed by atoms with Gasteiger partial charge in [-0.15, -0.1) is 0 Å². The average molecular weight is 355 g/mol. The molecule has 1 aromatic rings. The van der Waals surface area contributed by atoms with E-state index in [-0.39, 0.29) is 17.4 Å². The lowest BCUT2D eigenvalue weighted by Gasteiger charge is -2.39. The van der Waals surface area contributed by atoms with E-state index in [1.807, 2.05) is 24.3 Å². The van der Waals surface area contributed by atoms with Crippen LogP contribution in [0.1, 0.15) is 60.9 Å². The quantitative estimate of drug-likeness (QED) is 0.853. The molecule has 2 heterocycles. The average Bonchev–Trinajstić information content (AvgIpc) is 3.40. The number of benzene rings is 1. The maximum Gasteiger partial charge on any atom is 0.254 e. The molecule has 1 N–H and O–H groups in total. The van der Waals surface area contributed by atoms with Gasteiger partial charge in [0, 0.05) is 37.2 Å². The van der Waals surface area contributed by atoms with Crippen LogP contribution in [-0.4, -0.2) is 53.3 Å². The number of carbonyl (C=O) groups excluding carboxylic acids is 2. The van der Waals surface area contributed by atoms with Crippen LogP contribution in [0.2, 0.25) is 0 Å². The number of likely N-dealkylation sites (tertiary alicyclic amines) is 1. The molecule has 1 aliphatic carbocycles. The van der Waals surface area contributed by atoms with Gasteiger partial charge in [0.05, 0.1) is 0 Å². The van der Waals surface area contributed by atoms with Gasteiger partial charge in [-0.05, 0) is 50.4 Å². The van der Waals surface area contributed by atoms with Crippen molar-refractivity contribution in [2.75, 3.05) is 26.2 Å². The molecule has 26 heavy (non-hydrogen) atoms. The van der Waals surface area contributed by atoms with E-state index in [0.717, 1.165) is 17.7 Å². The third-order valence-corrected chi connectivity index (χ3v) is 6.43. The van der Waals surface area contributed by atoms with Crippen molar-refractivity contribution in [2.24, 2.45) is 0 Å². The summed E-state index contributed by atoms with van der Waals surface area (Å²) in [5.74, 6) is 0.122. The lowest BCUT2D eigenvalue weighted by atomic mass is 9.95. The zero-order valence-corrected chi connectivity index (χ0v) is 15.5. The van der Waals surface area contributed by atoms with Crippen LogP contribution in [0.25, 0.3) is 0 Å². The van der Waals surface area contributed by atoms with Crippen molar-refractivity contribution in [2.45, 2.75) is 57.0 Å². The highest BCUT2D eigenvalue weighted by Gasteiger charge is 2.40. The SMILES string of the molecule is O=C(CCN1Cc2ccccc2C1=O)NCC1(N2CCCC2)CCCC1. The molecule has 0 bridgehead atoms. The van der Waals surface area contributed by atoms with Crippen LogP contribution in [-0.2, 0) is 11.3 Å². The second-order valence-corrected chi connectivity index (χ2v) is 8.04. The molecule has 0 atom stereocenters. The predicted octanol–water partition coefficient (Wildman–Crippen LogP) is 2.56. The first-order valence-electron chi connectivity index (χ1n) is 10.1. The molecule has 3 aliphatic rings. The molecule has 0 unspecified atom stereocenters. The van der Waals surface area contributed by atoms with E-state index < -0.39 is 0 Å². The van der Waals surface area contributed by atoms with Crippen LogP contribution in [0.15, 0.2) is 24.3 Å². The third kappa shape index (κ3) is 3.37. The molecular weight excluding hydrogens is 326 g/mol. The fraction of sp³-hybridized carbons (Fsp3) is 0.619. The Bertz CT molecular complexity index is 676. The molecule has 1 saturated heterocycles. The fourth-order valence-electron chi connectivity index (χ4n) is 4.91. The highest BCUT2D eigenvalue weighted by Crippen LogP contribution is 2.36. The summed E-state index contributed by atoms with van der Waals surface area (Å²) in [6.07, 6.45) is 7.90. The zero-order chi connectivity index (χ0) is 18.0. The minimum atomic E-state index is 0.0535. The molecule has 0 radical (unpaired) electrons. The second kappa shape index (κ2) is 7.39. The van der Waals surface area contributed by atoms with E-state index in [1.54, 1.807) is 4.90 Å². The van der Waals surface area contributed by atoms with Crippen LogP contribution in [0.5, 0.6) is 0 Å². The Labute approximate surface area is 155 Å². The van der Waals surface area contributed by atoms with Gasteiger partial charge in [0.15, 0.2) is 0 Å². The fourth-order valence-corrected chi connectivity index (χ4v) is 4.91. The molecular formula is C21H29N3O2. The van der Waals surface area contributed by atoms with Gasteiger partial charge in [-0.25, -0.2) is 0 Å². The second-order valence-electron chi connectivity index (χ2n) is 8.04. The topological polar surface area (TPSA) is 52.7 Å². The van der Waals surface area contributed by atoms with Crippen molar-refractivity contribution in [1.29, 1.82) is 0 Å². The van der Waals surface area contributed by atoms with Crippen molar-refractivity contribution in [3.8, 4) is 0 Å².